The van der Waals surface area contributed by atoms with E-state index in [1.165, 1.54) is 5.56 Å². The monoisotopic (exact) mass is 208 g/mol. The second kappa shape index (κ2) is 3.62. The highest BCUT2D eigenvalue weighted by Gasteiger charge is 2.07. The molecule has 2 nitrogen and oxygen atoms in total. The van der Waals surface area contributed by atoms with Crippen molar-refractivity contribution in [2.45, 2.75) is 26.7 Å². The van der Waals surface area contributed by atoms with Gasteiger partial charge in [-0.1, -0.05) is 18.5 Å². The molecule has 0 aromatic carbocycles. The smallest absolute Gasteiger partial charge is 0.155 e. The Hall–Kier alpha value is -1.02. The molecule has 0 N–H and O–H groups in total. The predicted octanol–water partition coefficient (Wildman–Crippen LogP) is 3.25. The Morgan fingerprint density at radius 3 is 3.00 bits per heavy atom. The van der Waals surface area contributed by atoms with Crippen molar-refractivity contribution in [3.05, 3.63) is 34.9 Å². The first-order chi connectivity index (χ1) is 6.72. The van der Waals surface area contributed by atoms with Crippen molar-refractivity contribution in [3.63, 3.8) is 0 Å². The Morgan fingerprint density at radius 2 is 2.29 bits per heavy atom. The number of rotatable bonds is 2. The third-order valence-electron chi connectivity index (χ3n) is 2.30. The fourth-order valence-electron chi connectivity index (χ4n) is 1.61. The lowest BCUT2D eigenvalue weighted by Crippen LogP contribution is -1.93. The van der Waals surface area contributed by atoms with Crippen molar-refractivity contribution < 1.29 is 0 Å². The van der Waals surface area contributed by atoms with E-state index in [0.29, 0.717) is 5.15 Å². The van der Waals surface area contributed by atoms with E-state index in [2.05, 4.69) is 35.4 Å². The molecule has 0 atom stereocenters. The summed E-state index contributed by atoms with van der Waals surface area (Å²) in [7, 11) is 0. The second-order valence-electron chi connectivity index (χ2n) is 3.53. The average molecular weight is 209 g/mol. The van der Waals surface area contributed by atoms with Gasteiger partial charge < -0.3 is 4.40 Å². The van der Waals surface area contributed by atoms with Gasteiger partial charge in [0.15, 0.2) is 5.15 Å². The summed E-state index contributed by atoms with van der Waals surface area (Å²) in [5.74, 6) is 1.05. The van der Waals surface area contributed by atoms with Gasteiger partial charge in [0.1, 0.15) is 5.82 Å². The fraction of sp³-hybridized carbons (Fsp3) is 0.364. The standard InChI is InChI=1S/C11H13ClN2/c1-3-4-10-13-11(12)9-7-8(2)5-6-14(9)10/h5-7H,3-4H2,1-2H3. The first-order valence-corrected chi connectivity index (χ1v) is 5.23. The number of hydrogen-bond donors (Lipinski definition) is 0. The van der Waals surface area contributed by atoms with Crippen LogP contribution in [0.15, 0.2) is 18.3 Å². The van der Waals surface area contributed by atoms with Crippen molar-refractivity contribution in [1.82, 2.24) is 9.38 Å². The minimum atomic E-state index is 0.608. The van der Waals surface area contributed by atoms with Gasteiger partial charge in [-0.15, -0.1) is 0 Å². The van der Waals surface area contributed by atoms with Crippen molar-refractivity contribution in [2.75, 3.05) is 0 Å². The van der Waals surface area contributed by atoms with Crippen LogP contribution in [0.25, 0.3) is 5.52 Å². The lowest BCUT2D eigenvalue weighted by molar-refractivity contribution is 0.830. The third-order valence-corrected chi connectivity index (χ3v) is 2.58. The zero-order valence-corrected chi connectivity index (χ0v) is 9.17. The Labute approximate surface area is 88.5 Å². The van der Waals surface area contributed by atoms with Crippen LogP contribution in [0, 0.1) is 6.92 Å². The highest BCUT2D eigenvalue weighted by atomic mass is 35.5. The largest absolute Gasteiger partial charge is 0.302 e. The van der Waals surface area contributed by atoms with Gasteiger partial charge in [0.25, 0.3) is 0 Å². The number of nitrogens with zero attached hydrogens (tertiary/aromatic N) is 2. The van der Waals surface area contributed by atoms with Crippen LogP contribution >= 0.6 is 11.6 Å². The van der Waals surface area contributed by atoms with Crippen molar-refractivity contribution in [2.24, 2.45) is 0 Å². The van der Waals surface area contributed by atoms with E-state index in [4.69, 9.17) is 11.6 Å². The molecular formula is C11H13ClN2. The molecule has 2 aromatic heterocycles. The first-order valence-electron chi connectivity index (χ1n) is 4.85. The molecule has 2 heterocycles. The van der Waals surface area contributed by atoms with Crippen molar-refractivity contribution in [3.8, 4) is 0 Å². The summed E-state index contributed by atoms with van der Waals surface area (Å²) in [5.41, 5.74) is 2.22. The summed E-state index contributed by atoms with van der Waals surface area (Å²) >= 11 is 6.05. The van der Waals surface area contributed by atoms with Gasteiger partial charge in [0.2, 0.25) is 0 Å². The maximum atomic E-state index is 6.05. The van der Waals surface area contributed by atoms with Gasteiger partial charge >= 0.3 is 0 Å². The van der Waals surface area contributed by atoms with E-state index < -0.39 is 0 Å². The average Bonchev–Trinajstić information content (AvgIpc) is 2.44. The molecule has 2 aromatic rings. The molecule has 74 valence electrons. The van der Waals surface area contributed by atoms with Crippen LogP contribution in [0.3, 0.4) is 0 Å². The fourth-order valence-corrected chi connectivity index (χ4v) is 1.86. The van der Waals surface area contributed by atoms with Crippen LogP contribution in [-0.2, 0) is 6.42 Å². The van der Waals surface area contributed by atoms with Crippen LogP contribution in [-0.4, -0.2) is 9.38 Å². The third kappa shape index (κ3) is 1.50. The van der Waals surface area contributed by atoms with E-state index in [-0.39, 0.29) is 0 Å². The Morgan fingerprint density at radius 1 is 1.50 bits per heavy atom. The van der Waals surface area contributed by atoms with Gasteiger partial charge in [0, 0.05) is 12.6 Å². The topological polar surface area (TPSA) is 17.3 Å². The number of aryl methyl sites for hydroxylation is 2. The summed E-state index contributed by atoms with van der Waals surface area (Å²) in [6, 6.07) is 4.14. The molecule has 0 unspecified atom stereocenters. The summed E-state index contributed by atoms with van der Waals surface area (Å²) in [6.45, 7) is 4.20. The van der Waals surface area contributed by atoms with Gasteiger partial charge in [-0.05, 0) is 31.0 Å². The van der Waals surface area contributed by atoms with Gasteiger partial charge in [-0.3, -0.25) is 0 Å². The normalized spacial score (nSPS) is 11.1. The van der Waals surface area contributed by atoms with Crippen LogP contribution in [0.5, 0.6) is 0 Å². The molecule has 0 saturated heterocycles. The molecule has 0 bridgehead atoms. The molecule has 0 saturated carbocycles. The molecule has 0 aliphatic rings. The predicted molar refractivity (Wildman–Crippen MR) is 58.9 cm³/mol. The van der Waals surface area contributed by atoms with Crippen LogP contribution < -0.4 is 0 Å². The molecule has 0 amide bonds. The maximum Gasteiger partial charge on any atom is 0.155 e. The van der Waals surface area contributed by atoms with E-state index in [1.54, 1.807) is 0 Å². The zero-order valence-electron chi connectivity index (χ0n) is 8.42. The lowest BCUT2D eigenvalue weighted by Gasteiger charge is -1.99. The summed E-state index contributed by atoms with van der Waals surface area (Å²) in [6.07, 6.45) is 4.09. The molecule has 3 heteroatoms. The number of halogens is 1. The summed E-state index contributed by atoms with van der Waals surface area (Å²) < 4.78 is 2.07. The van der Waals surface area contributed by atoms with Gasteiger partial charge in [-0.25, -0.2) is 4.98 Å². The summed E-state index contributed by atoms with van der Waals surface area (Å²) in [5, 5.41) is 0.608. The minimum absolute atomic E-state index is 0.608. The first kappa shape index (κ1) is 9.53. The molecule has 14 heavy (non-hydrogen) atoms. The minimum Gasteiger partial charge on any atom is -0.302 e. The molecular weight excluding hydrogens is 196 g/mol. The highest BCUT2D eigenvalue weighted by molar-refractivity contribution is 6.32. The molecule has 0 aliphatic heterocycles. The van der Waals surface area contributed by atoms with Crippen LogP contribution in [0.2, 0.25) is 5.15 Å². The van der Waals surface area contributed by atoms with E-state index in [0.717, 1.165) is 24.2 Å². The molecule has 0 spiro atoms. The quantitative estimate of drug-likeness (QED) is 0.741. The maximum absolute atomic E-state index is 6.05. The van der Waals surface area contributed by atoms with Gasteiger partial charge in [0.05, 0.1) is 5.52 Å². The summed E-state index contributed by atoms with van der Waals surface area (Å²) in [4.78, 5) is 4.35. The van der Waals surface area contributed by atoms with E-state index in [9.17, 15) is 0 Å². The van der Waals surface area contributed by atoms with Crippen molar-refractivity contribution in [1.29, 1.82) is 0 Å². The van der Waals surface area contributed by atoms with Crippen LogP contribution in [0.1, 0.15) is 24.7 Å². The molecule has 2 rings (SSSR count). The second-order valence-corrected chi connectivity index (χ2v) is 3.89. The lowest BCUT2D eigenvalue weighted by atomic mass is 10.3. The van der Waals surface area contributed by atoms with Gasteiger partial charge in [-0.2, -0.15) is 0 Å². The number of fused-ring (bicyclic) bond motifs is 1. The Kier molecular flexibility index (Phi) is 2.46. The van der Waals surface area contributed by atoms with Crippen molar-refractivity contribution >= 4 is 17.1 Å². The van der Waals surface area contributed by atoms with E-state index >= 15 is 0 Å². The highest BCUT2D eigenvalue weighted by Crippen LogP contribution is 2.19. The van der Waals surface area contributed by atoms with Crippen LogP contribution in [0.4, 0.5) is 0 Å². The zero-order chi connectivity index (χ0) is 10.1. The molecule has 0 aliphatic carbocycles. The Balaban J connectivity index is 2.65. The Bertz CT molecular complexity index is 460. The molecule has 0 radical (unpaired) electrons. The number of pyridine rings is 1. The van der Waals surface area contributed by atoms with E-state index in [1.807, 2.05) is 6.20 Å². The number of aromatic nitrogens is 2. The SMILES string of the molecule is CCCc1nc(Cl)c2cc(C)ccn12. The number of imidazole rings is 1. The molecule has 0 fully saturated rings. The number of hydrogen-bond acceptors (Lipinski definition) is 1.